The molecule has 0 rings (SSSR count). The minimum atomic E-state index is -0.706. The second-order valence-electron chi connectivity index (χ2n) is 6.20. The van der Waals surface area contributed by atoms with E-state index in [4.69, 9.17) is 5.11 Å². The molecule has 0 aliphatic rings. The van der Waals surface area contributed by atoms with Crippen LogP contribution in [0.25, 0.3) is 0 Å². The Labute approximate surface area is 125 Å². The van der Waals surface area contributed by atoms with E-state index in [-0.39, 0.29) is 6.42 Å². The number of hydrogen-bond acceptors (Lipinski definition) is 1. The summed E-state index contributed by atoms with van der Waals surface area (Å²) in [5, 5.41) is 8.48. The van der Waals surface area contributed by atoms with Gasteiger partial charge in [0, 0.05) is 6.42 Å². The Balaban J connectivity index is 3.08. The molecule has 0 unspecified atom stereocenters. The molecular weight excluding hydrogens is 248 g/mol. The van der Waals surface area contributed by atoms with E-state index < -0.39 is 5.97 Å². The van der Waals surface area contributed by atoms with Crippen LogP contribution in [0.15, 0.2) is 12.2 Å². The van der Waals surface area contributed by atoms with Gasteiger partial charge >= 0.3 is 5.97 Å². The van der Waals surface area contributed by atoms with Gasteiger partial charge in [0.2, 0.25) is 0 Å². The third-order valence-electron chi connectivity index (χ3n) is 3.59. The first-order valence-corrected chi connectivity index (χ1v) is 8.49. The van der Waals surface area contributed by atoms with Crippen LogP contribution in [0.4, 0.5) is 0 Å². The molecule has 0 fully saturated rings. The van der Waals surface area contributed by atoms with Gasteiger partial charge in [-0.1, -0.05) is 77.4 Å². The van der Waals surface area contributed by atoms with Crippen LogP contribution in [0.2, 0.25) is 0 Å². The molecule has 0 atom stereocenters. The van der Waals surface area contributed by atoms with Crippen molar-refractivity contribution in [3.05, 3.63) is 12.2 Å². The van der Waals surface area contributed by atoms with Gasteiger partial charge in [-0.15, -0.1) is 0 Å². The zero-order valence-corrected chi connectivity index (χ0v) is 13.6. The highest BCUT2D eigenvalue weighted by Gasteiger charge is 1.95. The lowest BCUT2D eigenvalue weighted by Crippen LogP contribution is -1.91. The number of carboxylic acids is 1. The molecule has 2 nitrogen and oxygen atoms in total. The first-order chi connectivity index (χ1) is 9.63. The number of rotatable bonds is 14. The molecule has 0 aliphatic carbocycles. The van der Waals surface area contributed by atoms with Crippen molar-refractivity contribution in [2.75, 3.05) is 0 Å². The lowest BCUT2D eigenvalue weighted by Gasteiger charge is -2.04. The Morgan fingerprint density at radius 3 is 1.90 bits per heavy atom. The molecule has 0 heterocycles. The monoisotopic (exact) mass is 282 g/mol. The molecule has 0 aromatic carbocycles. The number of carboxylic acid groups (broad SMARTS) is 1. The van der Waals surface area contributed by atoms with Crippen molar-refractivity contribution in [2.24, 2.45) is 5.92 Å². The molecule has 1 N–H and O–H groups in total. The second-order valence-corrected chi connectivity index (χ2v) is 6.20. The van der Waals surface area contributed by atoms with Crippen molar-refractivity contribution in [2.45, 2.75) is 90.9 Å². The predicted molar refractivity (Wildman–Crippen MR) is 87.0 cm³/mol. The minimum absolute atomic E-state index is 0.257. The number of allylic oxidation sites excluding steroid dienone is 2. The van der Waals surface area contributed by atoms with Crippen LogP contribution in [-0.2, 0) is 4.79 Å². The number of unbranched alkanes of at least 4 members (excludes halogenated alkanes) is 8. The van der Waals surface area contributed by atoms with Crippen molar-refractivity contribution in [3.8, 4) is 0 Å². The van der Waals surface area contributed by atoms with E-state index in [9.17, 15) is 4.79 Å². The summed E-state index contributed by atoms with van der Waals surface area (Å²) in [6.45, 7) is 4.60. The molecular formula is C18H34O2. The molecule has 0 spiro atoms. The van der Waals surface area contributed by atoms with Gasteiger partial charge in [-0.2, -0.15) is 0 Å². The molecule has 0 saturated carbocycles. The molecule has 0 radical (unpaired) electrons. The summed E-state index contributed by atoms with van der Waals surface area (Å²) in [6.07, 6.45) is 18.5. The highest BCUT2D eigenvalue weighted by Crippen LogP contribution is 2.13. The topological polar surface area (TPSA) is 37.3 Å². The van der Waals surface area contributed by atoms with E-state index >= 15 is 0 Å². The number of hydrogen-bond donors (Lipinski definition) is 1. The van der Waals surface area contributed by atoms with E-state index in [1.165, 1.54) is 57.8 Å². The van der Waals surface area contributed by atoms with Crippen molar-refractivity contribution >= 4 is 5.97 Å². The maximum Gasteiger partial charge on any atom is 0.303 e. The van der Waals surface area contributed by atoms with E-state index in [0.29, 0.717) is 6.42 Å². The number of aliphatic carboxylic acids is 1. The van der Waals surface area contributed by atoms with E-state index in [0.717, 1.165) is 12.3 Å². The molecule has 2 heteroatoms. The van der Waals surface area contributed by atoms with Gasteiger partial charge in [0.25, 0.3) is 0 Å². The van der Waals surface area contributed by atoms with Crippen molar-refractivity contribution in [1.82, 2.24) is 0 Å². The Morgan fingerprint density at radius 1 is 0.850 bits per heavy atom. The molecule has 0 aromatic rings. The van der Waals surface area contributed by atoms with Gasteiger partial charge < -0.3 is 5.11 Å². The SMILES string of the molecule is CC(C)CCCCCCCCCC/C=C\CCC(=O)O. The van der Waals surface area contributed by atoms with Gasteiger partial charge in [0.05, 0.1) is 0 Å². The summed E-state index contributed by atoms with van der Waals surface area (Å²) in [7, 11) is 0. The Morgan fingerprint density at radius 2 is 1.35 bits per heavy atom. The van der Waals surface area contributed by atoms with Crippen molar-refractivity contribution < 1.29 is 9.90 Å². The molecule has 20 heavy (non-hydrogen) atoms. The maximum atomic E-state index is 10.3. The summed E-state index contributed by atoms with van der Waals surface area (Å²) < 4.78 is 0. The van der Waals surface area contributed by atoms with E-state index in [1.807, 2.05) is 6.08 Å². The fourth-order valence-electron chi connectivity index (χ4n) is 2.32. The van der Waals surface area contributed by atoms with Crippen LogP contribution in [-0.4, -0.2) is 11.1 Å². The zero-order valence-electron chi connectivity index (χ0n) is 13.6. The molecule has 0 bridgehead atoms. The molecule has 118 valence electrons. The number of carbonyl (C=O) groups is 1. The quantitative estimate of drug-likeness (QED) is 0.315. The first-order valence-electron chi connectivity index (χ1n) is 8.49. The summed E-state index contributed by atoms with van der Waals surface area (Å²) >= 11 is 0. The third kappa shape index (κ3) is 17.2. The van der Waals surface area contributed by atoms with Crippen LogP contribution >= 0.6 is 0 Å². The predicted octanol–water partition coefficient (Wildman–Crippen LogP) is 5.96. The largest absolute Gasteiger partial charge is 0.481 e. The summed E-state index contributed by atoms with van der Waals surface area (Å²) in [6, 6.07) is 0. The van der Waals surface area contributed by atoms with Crippen molar-refractivity contribution in [1.29, 1.82) is 0 Å². The second kappa shape index (κ2) is 14.6. The normalized spacial score (nSPS) is 11.6. The van der Waals surface area contributed by atoms with Crippen LogP contribution in [0.1, 0.15) is 90.9 Å². The Kier molecular flexibility index (Phi) is 14.0. The van der Waals surface area contributed by atoms with Gasteiger partial charge in [-0.25, -0.2) is 0 Å². The van der Waals surface area contributed by atoms with Gasteiger partial charge in [0.15, 0.2) is 0 Å². The maximum absolute atomic E-state index is 10.3. The summed E-state index contributed by atoms with van der Waals surface area (Å²) in [5.41, 5.74) is 0. The molecule has 0 amide bonds. The lowest BCUT2D eigenvalue weighted by atomic mass is 10.0. The highest BCUT2D eigenvalue weighted by molar-refractivity contribution is 5.66. The van der Waals surface area contributed by atoms with Crippen LogP contribution < -0.4 is 0 Å². The van der Waals surface area contributed by atoms with E-state index in [2.05, 4.69) is 19.9 Å². The first kappa shape index (κ1) is 19.2. The zero-order chi connectivity index (χ0) is 15.1. The summed E-state index contributed by atoms with van der Waals surface area (Å²) in [5.74, 6) is 0.154. The average Bonchev–Trinajstić information content (AvgIpc) is 2.38. The van der Waals surface area contributed by atoms with E-state index in [1.54, 1.807) is 0 Å². The fourth-order valence-corrected chi connectivity index (χ4v) is 2.32. The lowest BCUT2D eigenvalue weighted by molar-refractivity contribution is -0.136. The standard InChI is InChI=1S/C18H34O2/c1-17(2)15-13-11-9-7-5-3-4-6-8-10-12-14-16-18(19)20/h10,12,17H,3-9,11,13-16H2,1-2H3,(H,19,20)/b12-10-. The van der Waals surface area contributed by atoms with Gasteiger partial charge in [-0.05, 0) is 25.2 Å². The minimum Gasteiger partial charge on any atom is -0.481 e. The molecule has 0 saturated heterocycles. The van der Waals surface area contributed by atoms with Crippen molar-refractivity contribution in [3.63, 3.8) is 0 Å². The fraction of sp³-hybridized carbons (Fsp3) is 0.833. The molecule has 0 aromatic heterocycles. The molecule has 0 aliphatic heterocycles. The van der Waals surface area contributed by atoms with Crippen LogP contribution in [0.5, 0.6) is 0 Å². The average molecular weight is 282 g/mol. The third-order valence-corrected chi connectivity index (χ3v) is 3.59. The van der Waals surface area contributed by atoms with Crippen LogP contribution in [0, 0.1) is 5.92 Å². The Hall–Kier alpha value is -0.790. The van der Waals surface area contributed by atoms with Gasteiger partial charge in [-0.3, -0.25) is 4.79 Å². The van der Waals surface area contributed by atoms with Crippen LogP contribution in [0.3, 0.4) is 0 Å². The smallest absolute Gasteiger partial charge is 0.303 e. The summed E-state index contributed by atoms with van der Waals surface area (Å²) in [4.78, 5) is 10.3. The van der Waals surface area contributed by atoms with Gasteiger partial charge in [0.1, 0.15) is 0 Å². The Bertz CT molecular complexity index is 244. The highest BCUT2D eigenvalue weighted by atomic mass is 16.4.